The highest BCUT2D eigenvalue weighted by atomic mass is 19.1. The first-order valence-electron chi connectivity index (χ1n) is 3.03. The highest BCUT2D eigenvalue weighted by Crippen LogP contribution is 2.13. The summed E-state index contributed by atoms with van der Waals surface area (Å²) >= 11 is 0. The van der Waals surface area contributed by atoms with Crippen molar-refractivity contribution in [3.05, 3.63) is 0 Å². The molecular weight excluding hydrogens is 121 g/mol. The van der Waals surface area contributed by atoms with Gasteiger partial charge in [-0.25, -0.2) is 9.38 Å². The molecule has 0 N–H and O–H groups in total. The number of alkyl halides is 1. The molecule has 0 fully saturated rings. The zero-order chi connectivity index (χ0) is 6.69. The Balaban J connectivity index is 2.40. The number of nitrogens with zero attached hydrogens (tertiary/aromatic N) is 1. The number of hydrogen-bond donors (Lipinski definition) is 0. The quantitative estimate of drug-likeness (QED) is 0.523. The third kappa shape index (κ3) is 1.40. The summed E-state index contributed by atoms with van der Waals surface area (Å²) in [5.74, 6) is 0.692. The van der Waals surface area contributed by atoms with Crippen LogP contribution in [0.4, 0.5) is 4.39 Å². The molecule has 0 saturated heterocycles. The summed E-state index contributed by atoms with van der Waals surface area (Å²) in [7, 11) is 1.57. The molecule has 0 amide bonds. The fourth-order valence-corrected chi connectivity index (χ4v) is 0.889. The zero-order valence-corrected chi connectivity index (χ0v) is 5.43. The van der Waals surface area contributed by atoms with Gasteiger partial charge in [-0.15, -0.1) is 0 Å². The maximum absolute atomic E-state index is 11.8. The molecule has 0 radical (unpaired) electrons. The lowest BCUT2D eigenvalue weighted by molar-refractivity contribution is 0.394. The van der Waals surface area contributed by atoms with Gasteiger partial charge in [0.15, 0.2) is 5.90 Å². The largest absolute Gasteiger partial charge is 0.484 e. The predicted octanol–water partition coefficient (Wildman–Crippen LogP) is 1.16. The number of halogens is 1. The lowest BCUT2D eigenvalue weighted by Crippen LogP contribution is -2.00. The Kier molecular flexibility index (Phi) is 2.03. The van der Waals surface area contributed by atoms with Crippen molar-refractivity contribution in [2.75, 3.05) is 13.8 Å². The standard InChI is InChI=1S/C6H10FNO/c1-9-6-3-2-5(4-7)8-6/h5H,2-4H2,1H3/t5-/m0/s1. The second kappa shape index (κ2) is 2.80. The van der Waals surface area contributed by atoms with Gasteiger partial charge in [0.1, 0.15) is 6.67 Å². The molecule has 0 aromatic rings. The molecule has 0 spiro atoms. The molecule has 0 aromatic carbocycles. The summed E-state index contributed by atoms with van der Waals surface area (Å²) in [6, 6.07) is -0.125. The van der Waals surface area contributed by atoms with E-state index in [1.54, 1.807) is 7.11 Å². The molecule has 3 heteroatoms. The van der Waals surface area contributed by atoms with E-state index in [1.165, 1.54) is 0 Å². The average Bonchev–Trinajstić information content (AvgIpc) is 2.34. The molecule has 9 heavy (non-hydrogen) atoms. The van der Waals surface area contributed by atoms with Crippen molar-refractivity contribution in [3.8, 4) is 0 Å². The van der Waals surface area contributed by atoms with Gasteiger partial charge in [0.05, 0.1) is 13.2 Å². The Hall–Kier alpha value is -0.600. The van der Waals surface area contributed by atoms with Crippen LogP contribution in [0.15, 0.2) is 4.99 Å². The van der Waals surface area contributed by atoms with Crippen molar-refractivity contribution in [3.63, 3.8) is 0 Å². The Morgan fingerprint density at radius 2 is 2.67 bits per heavy atom. The van der Waals surface area contributed by atoms with Crippen molar-refractivity contribution in [2.45, 2.75) is 18.9 Å². The van der Waals surface area contributed by atoms with Crippen LogP contribution in [0.1, 0.15) is 12.8 Å². The minimum Gasteiger partial charge on any atom is -0.484 e. The molecule has 52 valence electrons. The fourth-order valence-electron chi connectivity index (χ4n) is 0.889. The van der Waals surface area contributed by atoms with Gasteiger partial charge in [-0.2, -0.15) is 0 Å². The first-order valence-corrected chi connectivity index (χ1v) is 3.03. The van der Waals surface area contributed by atoms with Crippen LogP contribution in [-0.2, 0) is 4.74 Å². The van der Waals surface area contributed by atoms with Crippen LogP contribution in [0.5, 0.6) is 0 Å². The summed E-state index contributed by atoms with van der Waals surface area (Å²) in [5.41, 5.74) is 0. The molecule has 2 nitrogen and oxygen atoms in total. The molecule has 0 unspecified atom stereocenters. The van der Waals surface area contributed by atoms with Crippen LogP contribution in [-0.4, -0.2) is 25.7 Å². The lowest BCUT2D eigenvalue weighted by atomic mass is 10.2. The van der Waals surface area contributed by atoms with Gasteiger partial charge in [-0.05, 0) is 6.42 Å². The summed E-state index contributed by atoms with van der Waals surface area (Å²) in [6.45, 7) is -0.354. The lowest BCUT2D eigenvalue weighted by Gasteiger charge is -1.94. The number of aliphatic imine (C=N–C) groups is 1. The number of rotatable bonds is 1. The Morgan fingerprint density at radius 1 is 1.89 bits per heavy atom. The molecule has 0 saturated carbocycles. The van der Waals surface area contributed by atoms with Gasteiger partial charge >= 0.3 is 0 Å². The van der Waals surface area contributed by atoms with E-state index in [4.69, 9.17) is 4.74 Å². The van der Waals surface area contributed by atoms with E-state index in [0.29, 0.717) is 5.90 Å². The van der Waals surface area contributed by atoms with Gasteiger partial charge in [-0.1, -0.05) is 0 Å². The second-order valence-electron chi connectivity index (χ2n) is 2.07. The molecule has 0 bridgehead atoms. The van der Waals surface area contributed by atoms with Crippen molar-refractivity contribution in [1.29, 1.82) is 0 Å². The van der Waals surface area contributed by atoms with Crippen LogP contribution < -0.4 is 0 Å². The summed E-state index contributed by atoms with van der Waals surface area (Å²) in [5, 5.41) is 0. The van der Waals surface area contributed by atoms with Crippen LogP contribution in [0.3, 0.4) is 0 Å². The molecule has 1 rings (SSSR count). The normalized spacial score (nSPS) is 26.0. The molecule has 1 aliphatic rings. The van der Waals surface area contributed by atoms with E-state index in [-0.39, 0.29) is 12.7 Å². The maximum Gasteiger partial charge on any atom is 0.183 e. The average molecular weight is 131 g/mol. The molecule has 1 atom stereocenters. The van der Waals surface area contributed by atoms with Crippen LogP contribution in [0.2, 0.25) is 0 Å². The highest BCUT2D eigenvalue weighted by Gasteiger charge is 2.16. The van der Waals surface area contributed by atoms with Gasteiger partial charge in [0.25, 0.3) is 0 Å². The summed E-state index contributed by atoms with van der Waals surface area (Å²) in [6.07, 6.45) is 1.60. The molecule has 1 heterocycles. The summed E-state index contributed by atoms with van der Waals surface area (Å²) < 4.78 is 16.7. The summed E-state index contributed by atoms with van der Waals surface area (Å²) in [4.78, 5) is 3.94. The monoisotopic (exact) mass is 131 g/mol. The van der Waals surface area contributed by atoms with Crippen LogP contribution in [0.25, 0.3) is 0 Å². The van der Waals surface area contributed by atoms with Gasteiger partial charge in [0, 0.05) is 6.42 Å². The molecule has 0 aliphatic carbocycles. The molecule has 0 aromatic heterocycles. The predicted molar refractivity (Wildman–Crippen MR) is 33.4 cm³/mol. The van der Waals surface area contributed by atoms with E-state index in [9.17, 15) is 4.39 Å². The third-order valence-corrected chi connectivity index (χ3v) is 1.43. The Morgan fingerprint density at radius 3 is 3.00 bits per heavy atom. The first kappa shape index (κ1) is 6.52. The topological polar surface area (TPSA) is 21.6 Å². The van der Waals surface area contributed by atoms with Crippen LogP contribution in [0, 0.1) is 0 Å². The molecular formula is C6H10FNO. The van der Waals surface area contributed by atoms with E-state index in [1.807, 2.05) is 0 Å². The third-order valence-electron chi connectivity index (χ3n) is 1.43. The van der Waals surface area contributed by atoms with E-state index < -0.39 is 0 Å². The molecule has 1 aliphatic heterocycles. The van der Waals surface area contributed by atoms with E-state index >= 15 is 0 Å². The Labute approximate surface area is 53.7 Å². The van der Waals surface area contributed by atoms with Crippen molar-refractivity contribution in [2.24, 2.45) is 4.99 Å². The SMILES string of the molecule is COC1=N[C@H](CF)CC1. The van der Waals surface area contributed by atoms with Gasteiger partial charge in [0.2, 0.25) is 0 Å². The van der Waals surface area contributed by atoms with Gasteiger partial charge in [-0.3, -0.25) is 0 Å². The van der Waals surface area contributed by atoms with Crippen molar-refractivity contribution in [1.82, 2.24) is 0 Å². The van der Waals surface area contributed by atoms with Crippen molar-refractivity contribution < 1.29 is 9.13 Å². The second-order valence-corrected chi connectivity index (χ2v) is 2.07. The Bertz CT molecular complexity index is 124. The number of methoxy groups -OCH3 is 1. The maximum atomic E-state index is 11.8. The smallest absolute Gasteiger partial charge is 0.183 e. The number of ether oxygens (including phenoxy) is 1. The minimum absolute atomic E-state index is 0.125. The van der Waals surface area contributed by atoms with E-state index in [0.717, 1.165) is 12.8 Å². The fraction of sp³-hybridized carbons (Fsp3) is 0.833. The van der Waals surface area contributed by atoms with Gasteiger partial charge < -0.3 is 4.74 Å². The van der Waals surface area contributed by atoms with E-state index in [2.05, 4.69) is 4.99 Å². The van der Waals surface area contributed by atoms with Crippen LogP contribution >= 0.6 is 0 Å². The zero-order valence-electron chi connectivity index (χ0n) is 5.43. The highest BCUT2D eigenvalue weighted by molar-refractivity contribution is 5.77. The first-order chi connectivity index (χ1) is 4.36. The minimum atomic E-state index is -0.354. The van der Waals surface area contributed by atoms with Crippen molar-refractivity contribution >= 4 is 5.90 Å². The number of hydrogen-bond acceptors (Lipinski definition) is 2.